The molecule has 0 spiro atoms. The molecule has 0 aliphatic carbocycles. The summed E-state index contributed by atoms with van der Waals surface area (Å²) in [4.78, 5) is 14.2. The van der Waals surface area contributed by atoms with Gasteiger partial charge in [-0.25, -0.2) is 8.42 Å². The molecular weight excluding hydrogens is 338 g/mol. The van der Waals surface area contributed by atoms with Crippen LogP contribution in [0, 0.1) is 0 Å². The van der Waals surface area contributed by atoms with E-state index in [4.69, 9.17) is 0 Å². The van der Waals surface area contributed by atoms with Gasteiger partial charge >= 0.3 is 0 Å². The van der Waals surface area contributed by atoms with Crippen molar-refractivity contribution in [2.24, 2.45) is 0 Å². The molecule has 0 aromatic heterocycles. The number of likely N-dealkylation sites (N-methyl/N-ethyl adjacent to an activating group) is 1. The molecule has 8 heteroatoms. The zero-order chi connectivity index (χ0) is 16.6. The molecule has 1 aromatic carbocycles. The van der Waals surface area contributed by atoms with Gasteiger partial charge in [0.2, 0.25) is 10.0 Å². The quantitative estimate of drug-likeness (QED) is 0.702. The highest BCUT2D eigenvalue weighted by Gasteiger charge is 2.09. The number of halogens is 1. The lowest BCUT2D eigenvalue weighted by molar-refractivity contribution is 0.0949. The van der Waals surface area contributed by atoms with Gasteiger partial charge in [-0.05, 0) is 44.3 Å². The Morgan fingerprint density at radius 3 is 2.13 bits per heavy atom. The van der Waals surface area contributed by atoms with Crippen molar-refractivity contribution in [3.8, 4) is 0 Å². The summed E-state index contributed by atoms with van der Waals surface area (Å²) < 4.78 is 25.4. The zero-order valence-corrected chi connectivity index (χ0v) is 15.5. The molecule has 0 aliphatic rings. The van der Waals surface area contributed by atoms with Gasteiger partial charge in [-0.2, -0.15) is 0 Å². The number of amides is 1. The van der Waals surface area contributed by atoms with E-state index >= 15 is 0 Å². The zero-order valence-electron chi connectivity index (χ0n) is 13.8. The second-order valence-corrected chi connectivity index (χ2v) is 6.88. The normalized spacial score (nSPS) is 11.0. The van der Waals surface area contributed by atoms with Gasteiger partial charge in [0.15, 0.2) is 0 Å². The van der Waals surface area contributed by atoms with Gasteiger partial charge in [-0.1, -0.05) is 13.8 Å². The van der Waals surface area contributed by atoms with Gasteiger partial charge in [0.05, 0.1) is 5.75 Å². The van der Waals surface area contributed by atoms with Crippen molar-refractivity contribution in [2.75, 3.05) is 36.7 Å². The molecule has 0 bridgehead atoms. The third kappa shape index (κ3) is 7.67. The smallest absolute Gasteiger partial charge is 0.251 e. The van der Waals surface area contributed by atoms with Gasteiger partial charge < -0.3 is 10.2 Å². The number of hydrogen-bond donors (Lipinski definition) is 2. The highest BCUT2D eigenvalue weighted by atomic mass is 35.5. The fraction of sp³-hybridized carbons (Fsp3) is 0.533. The molecule has 23 heavy (non-hydrogen) atoms. The summed E-state index contributed by atoms with van der Waals surface area (Å²) in [6.07, 6.45) is 0. The van der Waals surface area contributed by atoms with Crippen LogP contribution in [0.15, 0.2) is 24.3 Å². The van der Waals surface area contributed by atoms with Crippen LogP contribution in [-0.4, -0.2) is 51.2 Å². The monoisotopic (exact) mass is 363 g/mol. The first kappa shape index (κ1) is 21.7. The van der Waals surface area contributed by atoms with Crippen LogP contribution in [0.2, 0.25) is 0 Å². The molecular formula is C15H26ClN3O3S. The standard InChI is InChI=1S/C15H25N3O3S.ClH/c1-4-18(5-2)12-11-16-15(19)13-7-9-14(10-8-13)17-22(20,21)6-3;/h7-10,17H,4-6,11-12H2,1-3H3,(H,16,19);1H. The van der Waals surface area contributed by atoms with Gasteiger partial charge in [0.1, 0.15) is 0 Å². The molecule has 0 fully saturated rings. The second kappa shape index (κ2) is 10.5. The fourth-order valence-corrected chi connectivity index (χ4v) is 2.55. The highest BCUT2D eigenvalue weighted by Crippen LogP contribution is 2.11. The number of sulfonamides is 1. The van der Waals surface area contributed by atoms with Crippen molar-refractivity contribution in [1.29, 1.82) is 0 Å². The SMILES string of the molecule is CCN(CC)CCNC(=O)c1ccc(NS(=O)(=O)CC)cc1.Cl. The Balaban J connectivity index is 0.00000484. The number of hydrogen-bond acceptors (Lipinski definition) is 4. The molecule has 6 nitrogen and oxygen atoms in total. The first-order valence-electron chi connectivity index (χ1n) is 7.53. The van der Waals surface area contributed by atoms with Crippen LogP contribution in [0.1, 0.15) is 31.1 Å². The molecule has 0 atom stereocenters. The average Bonchev–Trinajstić information content (AvgIpc) is 2.52. The first-order chi connectivity index (χ1) is 10.4. The average molecular weight is 364 g/mol. The Kier molecular flexibility index (Phi) is 9.87. The second-order valence-electron chi connectivity index (χ2n) is 4.87. The number of carbonyl (C=O) groups is 1. The van der Waals surface area contributed by atoms with Crippen LogP contribution in [0.4, 0.5) is 5.69 Å². The Morgan fingerprint density at radius 2 is 1.65 bits per heavy atom. The van der Waals surface area contributed by atoms with E-state index in [2.05, 4.69) is 28.8 Å². The number of nitrogens with zero attached hydrogens (tertiary/aromatic N) is 1. The molecule has 0 saturated carbocycles. The van der Waals surface area contributed by atoms with Crippen molar-refractivity contribution in [3.63, 3.8) is 0 Å². The van der Waals surface area contributed by atoms with Crippen molar-refractivity contribution in [1.82, 2.24) is 10.2 Å². The maximum Gasteiger partial charge on any atom is 0.251 e. The summed E-state index contributed by atoms with van der Waals surface area (Å²) >= 11 is 0. The minimum Gasteiger partial charge on any atom is -0.351 e. The number of carbonyl (C=O) groups excluding carboxylic acids is 1. The molecule has 0 radical (unpaired) electrons. The number of benzene rings is 1. The van der Waals surface area contributed by atoms with Crippen molar-refractivity contribution in [2.45, 2.75) is 20.8 Å². The van der Waals surface area contributed by atoms with Crippen molar-refractivity contribution in [3.05, 3.63) is 29.8 Å². The summed E-state index contributed by atoms with van der Waals surface area (Å²) in [6, 6.07) is 6.40. The van der Waals surface area contributed by atoms with E-state index in [0.29, 0.717) is 17.8 Å². The molecule has 1 amide bonds. The van der Waals surface area contributed by atoms with Crippen LogP contribution < -0.4 is 10.0 Å². The van der Waals surface area contributed by atoms with E-state index in [0.717, 1.165) is 19.6 Å². The lowest BCUT2D eigenvalue weighted by Crippen LogP contribution is -2.34. The largest absolute Gasteiger partial charge is 0.351 e. The van der Waals surface area contributed by atoms with Gasteiger partial charge in [-0.15, -0.1) is 12.4 Å². The predicted molar refractivity (Wildman–Crippen MR) is 96.9 cm³/mol. The summed E-state index contributed by atoms with van der Waals surface area (Å²) in [5.74, 6) is -0.141. The molecule has 1 rings (SSSR count). The number of rotatable bonds is 9. The molecule has 0 unspecified atom stereocenters. The minimum absolute atomic E-state index is 0. The first-order valence-corrected chi connectivity index (χ1v) is 9.18. The summed E-state index contributed by atoms with van der Waals surface area (Å²) in [5, 5.41) is 2.86. The Hall–Kier alpha value is -1.31. The van der Waals surface area contributed by atoms with E-state index in [1.807, 2.05) is 0 Å². The van der Waals surface area contributed by atoms with Gasteiger partial charge in [0, 0.05) is 24.3 Å². The maximum atomic E-state index is 12.0. The van der Waals surface area contributed by atoms with Gasteiger partial charge in [0.25, 0.3) is 5.91 Å². The van der Waals surface area contributed by atoms with Gasteiger partial charge in [-0.3, -0.25) is 9.52 Å². The van der Waals surface area contributed by atoms with E-state index in [9.17, 15) is 13.2 Å². The van der Waals surface area contributed by atoms with E-state index in [1.54, 1.807) is 31.2 Å². The number of nitrogens with one attached hydrogen (secondary N) is 2. The molecule has 2 N–H and O–H groups in total. The minimum atomic E-state index is -3.29. The van der Waals surface area contributed by atoms with Crippen LogP contribution in [0.5, 0.6) is 0 Å². The molecule has 0 saturated heterocycles. The van der Waals surface area contributed by atoms with Crippen LogP contribution in [0.25, 0.3) is 0 Å². The van der Waals surface area contributed by atoms with E-state index in [-0.39, 0.29) is 24.1 Å². The lowest BCUT2D eigenvalue weighted by atomic mass is 10.2. The Morgan fingerprint density at radius 1 is 1.09 bits per heavy atom. The summed E-state index contributed by atoms with van der Waals surface area (Å²) in [7, 11) is -3.29. The lowest BCUT2D eigenvalue weighted by Gasteiger charge is -2.18. The highest BCUT2D eigenvalue weighted by molar-refractivity contribution is 7.92. The van der Waals surface area contributed by atoms with E-state index in [1.165, 1.54) is 0 Å². The Labute approximate surface area is 145 Å². The van der Waals surface area contributed by atoms with Crippen LogP contribution in [0.3, 0.4) is 0 Å². The van der Waals surface area contributed by atoms with Crippen LogP contribution >= 0.6 is 12.4 Å². The summed E-state index contributed by atoms with van der Waals surface area (Å²) in [5.41, 5.74) is 0.973. The van der Waals surface area contributed by atoms with Crippen LogP contribution in [-0.2, 0) is 10.0 Å². The molecule has 132 valence electrons. The number of anilines is 1. The fourth-order valence-electron chi connectivity index (χ4n) is 1.91. The third-order valence-electron chi connectivity index (χ3n) is 3.41. The van der Waals surface area contributed by atoms with Crippen molar-refractivity contribution < 1.29 is 13.2 Å². The topological polar surface area (TPSA) is 78.5 Å². The van der Waals surface area contributed by atoms with Crippen molar-refractivity contribution >= 4 is 34.0 Å². The summed E-state index contributed by atoms with van der Waals surface area (Å²) in [6.45, 7) is 9.05. The molecule has 1 aromatic rings. The Bertz CT molecular complexity index is 572. The predicted octanol–water partition coefficient (Wildman–Crippen LogP) is 1.94. The third-order valence-corrected chi connectivity index (χ3v) is 4.72. The maximum absolute atomic E-state index is 12.0. The molecule has 0 heterocycles. The molecule has 0 aliphatic heterocycles. The van der Waals surface area contributed by atoms with E-state index < -0.39 is 10.0 Å².